The Balaban J connectivity index is 2.55. The van der Waals surface area contributed by atoms with Crippen LogP contribution in [-0.4, -0.2) is 36.9 Å². The van der Waals surface area contributed by atoms with Crippen LogP contribution in [0.4, 0.5) is 11.4 Å². The predicted octanol–water partition coefficient (Wildman–Crippen LogP) is 0.488. The van der Waals surface area contributed by atoms with Gasteiger partial charge in [0.15, 0.2) is 0 Å². The van der Waals surface area contributed by atoms with Crippen LogP contribution in [0.15, 0.2) is 35.4 Å². The van der Waals surface area contributed by atoms with Crippen molar-refractivity contribution in [3.8, 4) is 0 Å². The number of aromatic amines is 1. The summed E-state index contributed by atoms with van der Waals surface area (Å²) in [6.45, 7) is 1.22. The molecule has 0 unspecified atom stereocenters. The minimum absolute atomic E-state index is 0.0641. The molecule has 1 heterocycles. The molecule has 0 fully saturated rings. The van der Waals surface area contributed by atoms with Crippen LogP contribution in [-0.2, 0) is 10.0 Å². The molecule has 2 rings (SSSR count). The Morgan fingerprint density at radius 1 is 1.40 bits per heavy atom. The molecular weight excluding hydrogens is 280 g/mol. The first kappa shape index (κ1) is 14.4. The van der Waals surface area contributed by atoms with Crippen LogP contribution in [0.2, 0.25) is 0 Å². The van der Waals surface area contributed by atoms with Gasteiger partial charge < -0.3 is 10.8 Å². The Kier molecular flexibility index (Phi) is 3.96. The normalized spacial score (nSPS) is 11.5. The molecule has 0 aliphatic carbocycles. The Bertz CT molecular complexity index is 696. The zero-order valence-corrected chi connectivity index (χ0v) is 11.8. The van der Waals surface area contributed by atoms with E-state index in [1.807, 2.05) is 0 Å². The van der Waals surface area contributed by atoms with Crippen LogP contribution < -0.4 is 10.0 Å². The maximum absolute atomic E-state index is 12.7. The fourth-order valence-corrected chi connectivity index (χ4v) is 3.50. The lowest BCUT2D eigenvalue weighted by Gasteiger charge is -2.24. The Morgan fingerprint density at radius 3 is 2.65 bits per heavy atom. The zero-order chi connectivity index (χ0) is 14.8. The molecule has 0 radical (unpaired) electrons. The molecule has 20 heavy (non-hydrogen) atoms. The first-order valence-electron chi connectivity index (χ1n) is 5.96. The van der Waals surface area contributed by atoms with Crippen LogP contribution in [0, 0.1) is 6.92 Å². The number of sulfonamides is 1. The maximum atomic E-state index is 12.7. The number of nitrogens with zero attached hydrogens (tertiary/aromatic N) is 2. The second-order valence-corrected chi connectivity index (χ2v) is 6.05. The summed E-state index contributed by atoms with van der Waals surface area (Å²) < 4.78 is 26.4. The average Bonchev–Trinajstić information content (AvgIpc) is 2.84. The van der Waals surface area contributed by atoms with E-state index in [9.17, 15) is 8.42 Å². The van der Waals surface area contributed by atoms with Crippen molar-refractivity contribution in [3.05, 3.63) is 36.2 Å². The van der Waals surface area contributed by atoms with Crippen LogP contribution in [0.1, 0.15) is 5.69 Å². The highest BCUT2D eigenvalue weighted by atomic mass is 32.2. The molecule has 7 nitrogen and oxygen atoms in total. The monoisotopic (exact) mass is 296 g/mol. The quantitative estimate of drug-likeness (QED) is 0.695. The molecule has 1 aromatic heterocycles. The molecule has 108 valence electrons. The van der Waals surface area contributed by atoms with E-state index < -0.39 is 10.0 Å². The number of H-pyrrole nitrogens is 1. The molecule has 0 aliphatic heterocycles. The van der Waals surface area contributed by atoms with E-state index in [0.29, 0.717) is 17.1 Å². The number of aryl methyl sites for hydroxylation is 1. The van der Waals surface area contributed by atoms with Crippen LogP contribution >= 0.6 is 0 Å². The van der Waals surface area contributed by atoms with E-state index in [1.165, 1.54) is 6.20 Å². The molecule has 1 aromatic carbocycles. The van der Waals surface area contributed by atoms with Gasteiger partial charge in [0.25, 0.3) is 10.0 Å². The van der Waals surface area contributed by atoms with E-state index in [-0.39, 0.29) is 18.0 Å². The highest BCUT2D eigenvalue weighted by molar-refractivity contribution is 7.92. The number of hydrogen-bond donors (Lipinski definition) is 3. The third-order valence-corrected chi connectivity index (χ3v) is 4.79. The molecule has 0 atom stereocenters. The number of para-hydroxylation sites is 2. The summed E-state index contributed by atoms with van der Waals surface area (Å²) in [6.07, 6.45) is 1.24. The molecule has 0 aliphatic rings. The van der Waals surface area contributed by atoms with Gasteiger partial charge >= 0.3 is 0 Å². The summed E-state index contributed by atoms with van der Waals surface area (Å²) in [6, 6.07) is 6.61. The lowest BCUT2D eigenvalue weighted by Crippen LogP contribution is -2.34. The summed E-state index contributed by atoms with van der Waals surface area (Å²) in [5.41, 5.74) is 6.92. The van der Waals surface area contributed by atoms with Crippen LogP contribution in [0.25, 0.3) is 0 Å². The van der Waals surface area contributed by atoms with Gasteiger partial charge in [-0.3, -0.25) is 9.40 Å². The van der Waals surface area contributed by atoms with Crippen molar-refractivity contribution < 1.29 is 13.5 Å². The summed E-state index contributed by atoms with van der Waals surface area (Å²) in [4.78, 5) is 0.0641. The fourth-order valence-electron chi connectivity index (χ4n) is 1.89. The van der Waals surface area contributed by atoms with Crippen LogP contribution in [0.3, 0.4) is 0 Å². The Hall–Kier alpha value is -2.06. The lowest BCUT2D eigenvalue weighted by molar-refractivity contribution is 0.306. The minimum atomic E-state index is -3.83. The third-order valence-electron chi connectivity index (χ3n) is 2.86. The molecule has 0 amide bonds. The number of aromatic nitrogens is 2. The second-order valence-electron chi connectivity index (χ2n) is 4.22. The molecule has 8 heteroatoms. The molecule has 0 saturated heterocycles. The number of nitrogen functional groups attached to an aromatic ring is 1. The molecule has 0 spiro atoms. The van der Waals surface area contributed by atoms with Crippen molar-refractivity contribution >= 4 is 21.4 Å². The third kappa shape index (κ3) is 2.47. The van der Waals surface area contributed by atoms with Gasteiger partial charge in [0.1, 0.15) is 4.90 Å². The van der Waals surface area contributed by atoms with E-state index in [1.54, 1.807) is 31.2 Å². The Morgan fingerprint density at radius 2 is 2.10 bits per heavy atom. The molecule has 0 saturated carbocycles. The number of hydrogen-bond acceptors (Lipinski definition) is 5. The minimum Gasteiger partial charge on any atom is -0.397 e. The van der Waals surface area contributed by atoms with Gasteiger partial charge in [0.2, 0.25) is 0 Å². The number of benzene rings is 1. The number of anilines is 2. The standard InChI is InChI=1S/C12H16N4O3S/c1-9-12(8-14-15-9)20(18,19)16(6-7-17)11-5-3-2-4-10(11)13/h2-5,8,17H,6-7,13H2,1H3,(H,14,15). The van der Waals surface area contributed by atoms with Crippen molar-refractivity contribution in [2.24, 2.45) is 0 Å². The number of aliphatic hydroxyl groups excluding tert-OH is 1. The van der Waals surface area contributed by atoms with Gasteiger partial charge in [-0.2, -0.15) is 5.10 Å². The predicted molar refractivity (Wildman–Crippen MR) is 75.8 cm³/mol. The van der Waals surface area contributed by atoms with Crippen molar-refractivity contribution in [2.45, 2.75) is 11.8 Å². The topological polar surface area (TPSA) is 112 Å². The van der Waals surface area contributed by atoms with Gasteiger partial charge in [-0.15, -0.1) is 0 Å². The van der Waals surface area contributed by atoms with E-state index >= 15 is 0 Å². The van der Waals surface area contributed by atoms with Gasteiger partial charge in [0, 0.05) is 0 Å². The van der Waals surface area contributed by atoms with Gasteiger partial charge in [-0.1, -0.05) is 12.1 Å². The zero-order valence-electron chi connectivity index (χ0n) is 10.9. The first-order valence-corrected chi connectivity index (χ1v) is 7.40. The molecule has 0 bridgehead atoms. The smallest absolute Gasteiger partial charge is 0.267 e. The van der Waals surface area contributed by atoms with Crippen molar-refractivity contribution in [2.75, 3.05) is 23.2 Å². The Labute approximate surface area is 117 Å². The number of aliphatic hydroxyl groups is 1. The van der Waals surface area contributed by atoms with Crippen molar-refractivity contribution in [1.29, 1.82) is 0 Å². The maximum Gasteiger partial charge on any atom is 0.267 e. The largest absolute Gasteiger partial charge is 0.397 e. The fraction of sp³-hybridized carbons (Fsp3) is 0.250. The van der Waals surface area contributed by atoms with Crippen molar-refractivity contribution in [3.63, 3.8) is 0 Å². The van der Waals surface area contributed by atoms with E-state index in [4.69, 9.17) is 10.8 Å². The summed E-state index contributed by atoms with van der Waals surface area (Å²) >= 11 is 0. The summed E-state index contributed by atoms with van der Waals surface area (Å²) in [5.74, 6) is 0. The summed E-state index contributed by atoms with van der Waals surface area (Å²) in [7, 11) is -3.83. The summed E-state index contributed by atoms with van der Waals surface area (Å²) in [5, 5.41) is 15.5. The highest BCUT2D eigenvalue weighted by Crippen LogP contribution is 2.28. The number of rotatable bonds is 5. The second kappa shape index (κ2) is 5.51. The lowest BCUT2D eigenvalue weighted by atomic mass is 10.3. The van der Waals surface area contributed by atoms with Gasteiger partial charge in [-0.05, 0) is 19.1 Å². The first-order chi connectivity index (χ1) is 9.48. The highest BCUT2D eigenvalue weighted by Gasteiger charge is 2.28. The number of nitrogens with one attached hydrogen (secondary N) is 1. The van der Waals surface area contributed by atoms with Crippen molar-refractivity contribution in [1.82, 2.24) is 10.2 Å². The van der Waals surface area contributed by atoms with E-state index in [2.05, 4.69) is 10.2 Å². The van der Waals surface area contributed by atoms with Crippen LogP contribution in [0.5, 0.6) is 0 Å². The molecular formula is C12H16N4O3S. The molecule has 2 aromatic rings. The van der Waals surface area contributed by atoms with Gasteiger partial charge in [0.05, 0.1) is 36.4 Å². The number of nitrogens with two attached hydrogens (primary N) is 1. The van der Waals surface area contributed by atoms with Gasteiger partial charge in [-0.25, -0.2) is 8.42 Å². The SMILES string of the molecule is Cc1[nH]ncc1S(=O)(=O)N(CCO)c1ccccc1N. The van der Waals surface area contributed by atoms with E-state index in [0.717, 1.165) is 4.31 Å². The molecule has 4 N–H and O–H groups in total. The average molecular weight is 296 g/mol.